The van der Waals surface area contributed by atoms with Crippen molar-refractivity contribution in [2.75, 3.05) is 0 Å². The number of allylic oxidation sites excluding steroid dienone is 1. The zero-order chi connectivity index (χ0) is 5.98. The molecule has 0 bridgehead atoms. The zero-order valence-corrected chi connectivity index (χ0v) is 7.31. The molecule has 0 aromatic rings. The molecule has 0 radical (unpaired) electrons. The minimum Gasteiger partial charge on any atom is -0.278 e. The lowest BCUT2D eigenvalue weighted by molar-refractivity contribution is 0.940. The first kappa shape index (κ1) is 6.49. The molecule has 44 valence electrons. The van der Waals surface area contributed by atoms with E-state index in [1.165, 1.54) is 4.48 Å². The molecule has 0 N–H and O–H groups in total. The molecule has 0 saturated carbocycles. The molecular formula is C5H5Br2N. The summed E-state index contributed by atoms with van der Waals surface area (Å²) < 4.78 is 1.20. The molecular weight excluding hydrogens is 234 g/mol. The molecule has 0 fully saturated rings. The van der Waals surface area contributed by atoms with Crippen molar-refractivity contribution in [3.63, 3.8) is 0 Å². The zero-order valence-electron chi connectivity index (χ0n) is 4.14. The van der Waals surface area contributed by atoms with Crippen LogP contribution in [-0.4, -0.2) is 11.2 Å². The van der Waals surface area contributed by atoms with Crippen LogP contribution < -0.4 is 0 Å². The van der Waals surface area contributed by atoms with Crippen molar-refractivity contribution in [2.24, 2.45) is 4.99 Å². The molecule has 1 atom stereocenters. The quantitative estimate of drug-likeness (QED) is 0.454. The monoisotopic (exact) mass is 237 g/mol. The molecule has 8 heavy (non-hydrogen) atoms. The highest BCUT2D eigenvalue weighted by molar-refractivity contribution is 9.12. The summed E-state index contributed by atoms with van der Waals surface area (Å²) >= 11 is 6.73. The fourth-order valence-electron chi connectivity index (χ4n) is 0.499. The van der Waals surface area contributed by atoms with Crippen LogP contribution in [0.25, 0.3) is 0 Å². The van der Waals surface area contributed by atoms with Crippen LogP contribution in [0.3, 0.4) is 0 Å². The van der Waals surface area contributed by atoms with Crippen LogP contribution in [0.4, 0.5) is 0 Å². The van der Waals surface area contributed by atoms with Crippen molar-refractivity contribution in [2.45, 2.75) is 11.4 Å². The number of hydrogen-bond donors (Lipinski definition) is 0. The van der Waals surface area contributed by atoms with E-state index in [-0.39, 0.29) is 4.95 Å². The largest absolute Gasteiger partial charge is 0.278 e. The number of nitrogens with zero attached hydrogens (tertiary/aromatic N) is 1. The second kappa shape index (κ2) is 2.78. The van der Waals surface area contributed by atoms with Crippen molar-refractivity contribution < 1.29 is 0 Å². The Labute approximate surface area is 65.1 Å². The molecule has 1 heterocycles. The van der Waals surface area contributed by atoms with Gasteiger partial charge in [-0.25, -0.2) is 0 Å². The molecule has 1 rings (SSSR count). The Hall–Kier alpha value is 0.370. The first-order valence-electron chi connectivity index (χ1n) is 2.31. The number of hydrogen-bond acceptors (Lipinski definition) is 1. The first-order chi connectivity index (χ1) is 3.79. The SMILES string of the molecule is BrC1=CC=NC(Br)C1. The molecule has 0 aromatic heterocycles. The highest BCUT2D eigenvalue weighted by Crippen LogP contribution is 2.20. The van der Waals surface area contributed by atoms with E-state index < -0.39 is 0 Å². The van der Waals surface area contributed by atoms with Gasteiger partial charge in [0.05, 0.1) is 0 Å². The lowest BCUT2D eigenvalue weighted by Crippen LogP contribution is -1.97. The number of dihydropyridines is 1. The van der Waals surface area contributed by atoms with E-state index in [0.717, 1.165) is 6.42 Å². The van der Waals surface area contributed by atoms with Gasteiger partial charge in [0.1, 0.15) is 4.95 Å². The minimum absolute atomic E-state index is 0.280. The molecule has 0 saturated heterocycles. The van der Waals surface area contributed by atoms with Gasteiger partial charge in [0.15, 0.2) is 0 Å². The van der Waals surface area contributed by atoms with E-state index in [1.54, 1.807) is 6.21 Å². The molecule has 0 aliphatic carbocycles. The van der Waals surface area contributed by atoms with Crippen molar-refractivity contribution in [3.8, 4) is 0 Å². The van der Waals surface area contributed by atoms with E-state index in [0.29, 0.717) is 0 Å². The predicted molar refractivity (Wildman–Crippen MR) is 42.8 cm³/mol. The van der Waals surface area contributed by atoms with E-state index in [2.05, 4.69) is 36.9 Å². The Morgan fingerprint density at radius 3 is 2.88 bits per heavy atom. The summed E-state index contributed by atoms with van der Waals surface area (Å²) in [5.41, 5.74) is 0. The van der Waals surface area contributed by atoms with Gasteiger partial charge in [-0.05, 0) is 10.6 Å². The summed E-state index contributed by atoms with van der Waals surface area (Å²) in [5, 5.41) is 0. The highest BCUT2D eigenvalue weighted by atomic mass is 79.9. The molecule has 3 heteroatoms. The maximum Gasteiger partial charge on any atom is 0.109 e. The summed E-state index contributed by atoms with van der Waals surface area (Å²) in [6.07, 6.45) is 4.72. The third-order valence-electron chi connectivity index (χ3n) is 0.867. The lowest BCUT2D eigenvalue weighted by atomic mass is 10.3. The highest BCUT2D eigenvalue weighted by Gasteiger charge is 2.04. The smallest absolute Gasteiger partial charge is 0.109 e. The van der Waals surface area contributed by atoms with Crippen molar-refractivity contribution >= 4 is 38.1 Å². The molecule has 1 aliphatic heterocycles. The van der Waals surface area contributed by atoms with Gasteiger partial charge in [-0.3, -0.25) is 4.99 Å². The fraction of sp³-hybridized carbons (Fsp3) is 0.400. The Bertz CT molecular complexity index is 139. The van der Waals surface area contributed by atoms with Gasteiger partial charge < -0.3 is 0 Å². The van der Waals surface area contributed by atoms with Crippen LogP contribution in [-0.2, 0) is 0 Å². The van der Waals surface area contributed by atoms with Crippen LogP contribution >= 0.6 is 31.9 Å². The standard InChI is InChI=1S/C5H5Br2N/c6-4-1-2-8-5(7)3-4/h1-2,5H,3H2. The Kier molecular flexibility index (Phi) is 2.26. The molecule has 1 unspecified atom stereocenters. The fourth-order valence-corrected chi connectivity index (χ4v) is 1.84. The maximum absolute atomic E-state index is 4.07. The predicted octanol–water partition coefficient (Wildman–Crippen LogP) is 2.46. The van der Waals surface area contributed by atoms with Crippen LogP contribution in [0.2, 0.25) is 0 Å². The summed E-state index contributed by atoms with van der Waals surface area (Å²) in [5.74, 6) is 0. The Balaban J connectivity index is 2.59. The maximum atomic E-state index is 4.07. The van der Waals surface area contributed by atoms with Crippen LogP contribution in [0.15, 0.2) is 15.6 Å². The number of halogens is 2. The Morgan fingerprint density at radius 1 is 1.75 bits per heavy atom. The topological polar surface area (TPSA) is 12.4 Å². The molecule has 0 spiro atoms. The third-order valence-corrected chi connectivity index (χ3v) is 2.01. The van der Waals surface area contributed by atoms with Gasteiger partial charge in [0, 0.05) is 12.6 Å². The van der Waals surface area contributed by atoms with Crippen LogP contribution in [0, 0.1) is 0 Å². The van der Waals surface area contributed by atoms with Gasteiger partial charge in [0.25, 0.3) is 0 Å². The summed E-state index contributed by atoms with van der Waals surface area (Å²) in [7, 11) is 0. The number of alkyl halides is 1. The Morgan fingerprint density at radius 2 is 2.50 bits per heavy atom. The molecule has 0 amide bonds. The summed E-state index contributed by atoms with van der Waals surface area (Å²) in [4.78, 5) is 4.35. The van der Waals surface area contributed by atoms with Gasteiger partial charge in [0.2, 0.25) is 0 Å². The number of rotatable bonds is 0. The van der Waals surface area contributed by atoms with Crippen LogP contribution in [0.5, 0.6) is 0 Å². The van der Waals surface area contributed by atoms with E-state index in [9.17, 15) is 0 Å². The van der Waals surface area contributed by atoms with Gasteiger partial charge >= 0.3 is 0 Å². The third kappa shape index (κ3) is 1.71. The minimum atomic E-state index is 0.280. The summed E-state index contributed by atoms with van der Waals surface area (Å²) in [6.45, 7) is 0. The molecule has 0 aromatic carbocycles. The first-order valence-corrected chi connectivity index (χ1v) is 4.02. The summed E-state index contributed by atoms with van der Waals surface area (Å²) in [6, 6.07) is 0. The molecule has 1 aliphatic rings. The van der Waals surface area contributed by atoms with Gasteiger partial charge in [-0.2, -0.15) is 0 Å². The van der Waals surface area contributed by atoms with E-state index in [4.69, 9.17) is 0 Å². The normalized spacial score (nSPS) is 27.8. The van der Waals surface area contributed by atoms with Gasteiger partial charge in [-0.15, -0.1) is 0 Å². The van der Waals surface area contributed by atoms with Gasteiger partial charge in [-0.1, -0.05) is 31.9 Å². The van der Waals surface area contributed by atoms with Crippen molar-refractivity contribution in [3.05, 3.63) is 10.6 Å². The lowest BCUT2D eigenvalue weighted by Gasteiger charge is -2.05. The van der Waals surface area contributed by atoms with Crippen molar-refractivity contribution in [1.82, 2.24) is 0 Å². The second-order valence-electron chi connectivity index (χ2n) is 1.55. The second-order valence-corrected chi connectivity index (χ2v) is 3.63. The van der Waals surface area contributed by atoms with E-state index >= 15 is 0 Å². The van der Waals surface area contributed by atoms with Crippen molar-refractivity contribution in [1.29, 1.82) is 0 Å². The average molecular weight is 239 g/mol. The molecule has 1 nitrogen and oxygen atoms in total. The van der Waals surface area contributed by atoms with E-state index in [1.807, 2.05) is 6.08 Å². The average Bonchev–Trinajstić information content (AvgIpc) is 1.64. The van der Waals surface area contributed by atoms with Crippen LogP contribution in [0.1, 0.15) is 6.42 Å². The number of aliphatic imine (C=N–C) groups is 1.